The Morgan fingerprint density at radius 2 is 2.45 bits per heavy atom. The molecule has 0 saturated heterocycles. The molecule has 1 aliphatic rings. The van der Waals surface area contributed by atoms with Gasteiger partial charge in [-0.25, -0.2) is 0 Å². The van der Waals surface area contributed by atoms with Crippen LogP contribution in [0.3, 0.4) is 0 Å². The van der Waals surface area contributed by atoms with Crippen LogP contribution in [-0.2, 0) is 0 Å². The third-order valence-electron chi connectivity index (χ3n) is 1.99. The summed E-state index contributed by atoms with van der Waals surface area (Å²) in [4.78, 5) is 0. The third kappa shape index (κ3) is 1.58. The quantitative estimate of drug-likeness (QED) is 0.592. The maximum atomic E-state index is 4.48. The average Bonchev–Trinajstić information content (AvgIpc) is 2.68. The van der Waals surface area contributed by atoms with Crippen LogP contribution in [0.4, 0.5) is 0 Å². The number of halogens is 1. The Labute approximate surface area is 80.1 Å². The Bertz CT molecular complexity index is 234. The standard InChI is InChI=1S/C8H11IN2/c1-6(9)11-5-4-8(10-11)7-2-3-7/h4-7H,2-3H2,1H3. The van der Waals surface area contributed by atoms with Gasteiger partial charge in [0.1, 0.15) is 4.05 Å². The van der Waals surface area contributed by atoms with E-state index in [0.717, 1.165) is 5.92 Å². The lowest BCUT2D eigenvalue weighted by molar-refractivity contribution is 0.652. The Kier molecular flexibility index (Phi) is 1.91. The molecule has 1 saturated carbocycles. The van der Waals surface area contributed by atoms with Crippen molar-refractivity contribution in [3.8, 4) is 0 Å². The van der Waals surface area contributed by atoms with Crippen molar-refractivity contribution in [3.63, 3.8) is 0 Å². The number of hydrogen-bond donors (Lipinski definition) is 0. The molecular weight excluding hydrogens is 251 g/mol. The van der Waals surface area contributed by atoms with E-state index in [1.54, 1.807) is 0 Å². The lowest BCUT2D eigenvalue weighted by atomic mass is 10.3. The number of rotatable bonds is 2. The molecule has 2 rings (SSSR count). The Morgan fingerprint density at radius 3 is 2.91 bits per heavy atom. The first-order valence-electron chi connectivity index (χ1n) is 3.96. The molecule has 0 radical (unpaired) electrons. The fourth-order valence-electron chi connectivity index (χ4n) is 1.15. The summed E-state index contributed by atoms with van der Waals surface area (Å²) in [6.45, 7) is 2.14. The topological polar surface area (TPSA) is 17.8 Å². The predicted octanol–water partition coefficient (Wildman–Crippen LogP) is 2.71. The minimum absolute atomic E-state index is 0.472. The SMILES string of the molecule is CC(I)n1ccc(C2CC2)n1. The molecule has 0 aliphatic heterocycles. The summed E-state index contributed by atoms with van der Waals surface area (Å²) in [5.41, 5.74) is 1.29. The van der Waals surface area contributed by atoms with Crippen molar-refractivity contribution in [1.29, 1.82) is 0 Å². The smallest absolute Gasteiger partial charge is 0.100 e. The van der Waals surface area contributed by atoms with E-state index in [1.165, 1.54) is 18.5 Å². The summed E-state index contributed by atoms with van der Waals surface area (Å²) in [7, 11) is 0. The van der Waals surface area contributed by atoms with Crippen molar-refractivity contribution in [2.45, 2.75) is 29.7 Å². The fraction of sp³-hybridized carbons (Fsp3) is 0.625. The van der Waals surface area contributed by atoms with Crippen LogP contribution < -0.4 is 0 Å². The lowest BCUT2D eigenvalue weighted by Crippen LogP contribution is -1.98. The zero-order valence-corrected chi connectivity index (χ0v) is 8.65. The van der Waals surface area contributed by atoms with E-state index in [4.69, 9.17) is 0 Å². The largest absolute Gasteiger partial charge is 0.260 e. The van der Waals surface area contributed by atoms with Crippen LogP contribution in [0.1, 0.15) is 35.4 Å². The number of hydrogen-bond acceptors (Lipinski definition) is 1. The molecule has 60 valence electrons. The van der Waals surface area contributed by atoms with Gasteiger partial charge in [-0.1, -0.05) is 22.6 Å². The molecule has 1 aliphatic carbocycles. The summed E-state index contributed by atoms with van der Waals surface area (Å²) < 4.78 is 2.49. The molecule has 0 aromatic carbocycles. The van der Waals surface area contributed by atoms with Gasteiger partial charge in [-0.3, -0.25) is 4.68 Å². The van der Waals surface area contributed by atoms with Gasteiger partial charge in [-0.15, -0.1) is 0 Å². The van der Waals surface area contributed by atoms with Crippen LogP contribution in [0.2, 0.25) is 0 Å². The minimum Gasteiger partial charge on any atom is -0.260 e. The number of aromatic nitrogens is 2. The van der Waals surface area contributed by atoms with Gasteiger partial charge in [0.25, 0.3) is 0 Å². The molecule has 1 heterocycles. The second-order valence-electron chi connectivity index (χ2n) is 3.07. The first kappa shape index (κ1) is 7.58. The highest BCUT2D eigenvalue weighted by molar-refractivity contribution is 14.1. The Morgan fingerprint density at radius 1 is 1.73 bits per heavy atom. The van der Waals surface area contributed by atoms with Crippen LogP contribution in [0, 0.1) is 0 Å². The highest BCUT2D eigenvalue weighted by Gasteiger charge is 2.25. The summed E-state index contributed by atoms with van der Waals surface area (Å²) in [5.74, 6) is 0.784. The highest BCUT2D eigenvalue weighted by atomic mass is 127. The van der Waals surface area contributed by atoms with Crippen molar-refractivity contribution in [2.24, 2.45) is 0 Å². The van der Waals surface area contributed by atoms with Gasteiger partial charge < -0.3 is 0 Å². The summed E-state index contributed by atoms with van der Waals surface area (Å²) in [6.07, 6.45) is 4.75. The van der Waals surface area contributed by atoms with Crippen LogP contribution in [-0.4, -0.2) is 9.78 Å². The molecular formula is C8H11IN2. The first-order chi connectivity index (χ1) is 5.27. The summed E-state index contributed by atoms with van der Waals surface area (Å²) in [6, 6.07) is 2.15. The Balaban J connectivity index is 2.18. The van der Waals surface area contributed by atoms with Gasteiger partial charge in [0.15, 0.2) is 0 Å². The van der Waals surface area contributed by atoms with Crippen LogP contribution in [0.5, 0.6) is 0 Å². The van der Waals surface area contributed by atoms with Crippen LogP contribution in [0.15, 0.2) is 12.3 Å². The molecule has 2 nitrogen and oxygen atoms in total. The molecule has 0 spiro atoms. The van der Waals surface area contributed by atoms with Crippen molar-refractivity contribution in [1.82, 2.24) is 9.78 Å². The third-order valence-corrected chi connectivity index (χ3v) is 2.56. The lowest BCUT2D eigenvalue weighted by Gasteiger charge is -2.01. The van der Waals surface area contributed by atoms with Crippen molar-refractivity contribution >= 4 is 22.6 Å². The second-order valence-corrected chi connectivity index (χ2v) is 4.87. The zero-order chi connectivity index (χ0) is 7.84. The van der Waals surface area contributed by atoms with E-state index < -0.39 is 0 Å². The maximum absolute atomic E-state index is 4.48. The van der Waals surface area contributed by atoms with Gasteiger partial charge in [-0.2, -0.15) is 5.10 Å². The van der Waals surface area contributed by atoms with Crippen LogP contribution >= 0.6 is 22.6 Å². The van der Waals surface area contributed by atoms with E-state index in [0.29, 0.717) is 4.05 Å². The van der Waals surface area contributed by atoms with E-state index in [-0.39, 0.29) is 0 Å². The molecule has 1 fully saturated rings. The molecule has 11 heavy (non-hydrogen) atoms. The normalized spacial score (nSPS) is 20.2. The zero-order valence-electron chi connectivity index (χ0n) is 6.50. The van der Waals surface area contributed by atoms with Crippen molar-refractivity contribution in [3.05, 3.63) is 18.0 Å². The summed E-state index contributed by atoms with van der Waals surface area (Å²) >= 11 is 2.37. The van der Waals surface area contributed by atoms with Gasteiger partial charge in [0.2, 0.25) is 0 Å². The van der Waals surface area contributed by atoms with Crippen molar-refractivity contribution < 1.29 is 0 Å². The first-order valence-corrected chi connectivity index (χ1v) is 5.21. The van der Waals surface area contributed by atoms with Gasteiger partial charge >= 0.3 is 0 Å². The molecule has 3 heteroatoms. The average molecular weight is 262 g/mol. The molecule has 1 aromatic rings. The van der Waals surface area contributed by atoms with E-state index >= 15 is 0 Å². The molecule has 1 unspecified atom stereocenters. The van der Waals surface area contributed by atoms with Crippen LogP contribution in [0.25, 0.3) is 0 Å². The monoisotopic (exact) mass is 262 g/mol. The molecule has 1 aromatic heterocycles. The predicted molar refractivity (Wildman–Crippen MR) is 52.9 cm³/mol. The maximum Gasteiger partial charge on any atom is 0.100 e. The molecule has 1 atom stereocenters. The van der Waals surface area contributed by atoms with Gasteiger partial charge in [0, 0.05) is 12.1 Å². The van der Waals surface area contributed by atoms with Crippen molar-refractivity contribution in [2.75, 3.05) is 0 Å². The fourth-order valence-corrected chi connectivity index (χ4v) is 1.46. The minimum atomic E-state index is 0.472. The highest BCUT2D eigenvalue weighted by Crippen LogP contribution is 2.39. The van der Waals surface area contributed by atoms with Gasteiger partial charge in [-0.05, 0) is 25.8 Å². The second kappa shape index (κ2) is 2.77. The van der Waals surface area contributed by atoms with E-state index in [9.17, 15) is 0 Å². The Hall–Kier alpha value is -0.0600. The molecule has 0 amide bonds. The van der Waals surface area contributed by atoms with Gasteiger partial charge in [0.05, 0.1) is 5.69 Å². The van der Waals surface area contributed by atoms with E-state index in [2.05, 4.69) is 46.9 Å². The van der Waals surface area contributed by atoms with E-state index in [1.807, 2.05) is 4.68 Å². The molecule has 0 bridgehead atoms. The molecule has 0 N–H and O–H groups in total. The summed E-state index contributed by atoms with van der Waals surface area (Å²) in [5, 5.41) is 4.48. The number of alkyl halides is 1. The number of nitrogens with zero attached hydrogens (tertiary/aromatic N) is 2.